The van der Waals surface area contributed by atoms with Crippen molar-refractivity contribution in [2.45, 2.75) is 12.8 Å². The van der Waals surface area contributed by atoms with Crippen LogP contribution in [0.5, 0.6) is 0 Å². The first-order chi connectivity index (χ1) is 6.66. The maximum Gasteiger partial charge on any atom is 0.488 e. The van der Waals surface area contributed by atoms with Gasteiger partial charge < -0.3 is 15.4 Å². The topological polar surface area (TPSA) is 69.6 Å². The minimum atomic E-state index is -1.49. The van der Waals surface area contributed by atoms with Gasteiger partial charge in [-0.3, -0.25) is 4.79 Å². The highest BCUT2D eigenvalue weighted by Crippen LogP contribution is 2.20. The number of aryl methyl sites for hydroxylation is 1. The third-order valence-corrected chi connectivity index (χ3v) is 2.33. The van der Waals surface area contributed by atoms with Crippen LogP contribution in [0, 0.1) is 0 Å². The number of benzene rings is 1. The van der Waals surface area contributed by atoms with E-state index < -0.39 is 7.12 Å². The van der Waals surface area contributed by atoms with Crippen molar-refractivity contribution in [3.05, 3.63) is 23.8 Å². The Hall–Kier alpha value is -1.33. The molecule has 0 bridgehead atoms. The normalized spacial score (nSPS) is 14.6. The Balaban J connectivity index is 2.37. The predicted octanol–water partition coefficient (Wildman–Crippen LogP) is -0.749. The summed E-state index contributed by atoms with van der Waals surface area (Å²) in [6.07, 6.45) is 1.21. The molecule has 0 saturated carbocycles. The summed E-state index contributed by atoms with van der Waals surface area (Å²) >= 11 is 0. The van der Waals surface area contributed by atoms with Crippen molar-refractivity contribution in [3.63, 3.8) is 0 Å². The summed E-state index contributed by atoms with van der Waals surface area (Å²) in [6, 6.07) is 5.06. The molecule has 0 atom stereocenters. The minimum absolute atomic E-state index is 0.0259. The summed E-state index contributed by atoms with van der Waals surface area (Å²) in [6.45, 7) is 0. The predicted molar refractivity (Wildman–Crippen MR) is 53.2 cm³/mol. The van der Waals surface area contributed by atoms with Crippen molar-refractivity contribution in [2.75, 3.05) is 5.32 Å². The number of amides is 1. The number of hydrogen-bond donors (Lipinski definition) is 3. The lowest BCUT2D eigenvalue weighted by Crippen LogP contribution is -2.31. The van der Waals surface area contributed by atoms with E-state index in [-0.39, 0.29) is 5.91 Å². The quantitative estimate of drug-likeness (QED) is 0.511. The van der Waals surface area contributed by atoms with Gasteiger partial charge in [-0.25, -0.2) is 0 Å². The first-order valence-corrected chi connectivity index (χ1v) is 4.45. The number of fused-ring (bicyclic) bond motifs is 1. The fourth-order valence-electron chi connectivity index (χ4n) is 1.55. The van der Waals surface area contributed by atoms with E-state index in [1.54, 1.807) is 12.1 Å². The van der Waals surface area contributed by atoms with Crippen LogP contribution in [-0.4, -0.2) is 23.1 Å². The van der Waals surface area contributed by atoms with Crippen molar-refractivity contribution in [1.82, 2.24) is 0 Å². The summed E-state index contributed by atoms with van der Waals surface area (Å²) in [5.74, 6) is -0.0259. The van der Waals surface area contributed by atoms with Gasteiger partial charge in [0, 0.05) is 12.1 Å². The number of hydrogen-bond acceptors (Lipinski definition) is 3. The number of anilines is 1. The van der Waals surface area contributed by atoms with Gasteiger partial charge in [0.1, 0.15) is 0 Å². The van der Waals surface area contributed by atoms with Crippen molar-refractivity contribution < 1.29 is 14.8 Å². The summed E-state index contributed by atoms with van der Waals surface area (Å²) < 4.78 is 0. The van der Waals surface area contributed by atoms with Crippen LogP contribution in [0.1, 0.15) is 12.0 Å². The van der Waals surface area contributed by atoms with E-state index in [0.717, 1.165) is 5.56 Å². The van der Waals surface area contributed by atoms with Crippen LogP contribution in [-0.2, 0) is 11.2 Å². The van der Waals surface area contributed by atoms with Crippen LogP contribution in [0.25, 0.3) is 0 Å². The average Bonchev–Trinajstić information content (AvgIpc) is 2.16. The van der Waals surface area contributed by atoms with Crippen LogP contribution in [0.4, 0.5) is 5.69 Å². The molecule has 0 fully saturated rings. The van der Waals surface area contributed by atoms with Crippen molar-refractivity contribution in [2.24, 2.45) is 0 Å². The highest BCUT2D eigenvalue weighted by molar-refractivity contribution is 6.58. The third-order valence-electron chi connectivity index (χ3n) is 2.33. The number of nitrogens with one attached hydrogen (secondary N) is 1. The van der Waals surface area contributed by atoms with Crippen LogP contribution >= 0.6 is 0 Å². The minimum Gasteiger partial charge on any atom is -0.423 e. The van der Waals surface area contributed by atoms with E-state index in [1.807, 2.05) is 6.07 Å². The highest BCUT2D eigenvalue weighted by Gasteiger charge is 2.18. The lowest BCUT2D eigenvalue weighted by molar-refractivity contribution is -0.116. The van der Waals surface area contributed by atoms with Crippen molar-refractivity contribution >= 4 is 24.2 Å². The number of carbonyl (C=O) groups excluding carboxylic acids is 1. The molecule has 0 spiro atoms. The maximum atomic E-state index is 11.1. The molecule has 2 rings (SSSR count). The van der Waals surface area contributed by atoms with Gasteiger partial charge in [0.15, 0.2) is 0 Å². The summed E-state index contributed by atoms with van der Waals surface area (Å²) in [7, 11) is -1.49. The van der Waals surface area contributed by atoms with E-state index in [2.05, 4.69) is 5.32 Å². The molecular formula is C9H10BNO3. The van der Waals surface area contributed by atoms with Crippen LogP contribution in [0.3, 0.4) is 0 Å². The van der Waals surface area contributed by atoms with Crippen LogP contribution in [0.2, 0.25) is 0 Å². The molecule has 0 aliphatic carbocycles. The van der Waals surface area contributed by atoms with Gasteiger partial charge in [0.25, 0.3) is 0 Å². The second-order valence-corrected chi connectivity index (χ2v) is 3.34. The fraction of sp³-hybridized carbons (Fsp3) is 0.222. The number of rotatable bonds is 1. The molecule has 1 aliphatic heterocycles. The zero-order valence-corrected chi connectivity index (χ0v) is 7.53. The smallest absolute Gasteiger partial charge is 0.423 e. The molecule has 1 heterocycles. The van der Waals surface area contributed by atoms with Gasteiger partial charge >= 0.3 is 7.12 Å². The molecule has 0 aromatic heterocycles. The van der Waals surface area contributed by atoms with E-state index in [1.165, 1.54) is 0 Å². The summed E-state index contributed by atoms with van der Waals surface area (Å²) in [4.78, 5) is 11.1. The zero-order chi connectivity index (χ0) is 10.1. The molecule has 4 nitrogen and oxygen atoms in total. The second kappa shape index (κ2) is 3.44. The van der Waals surface area contributed by atoms with Gasteiger partial charge in [-0.15, -0.1) is 0 Å². The molecule has 0 saturated heterocycles. The first-order valence-electron chi connectivity index (χ1n) is 4.45. The summed E-state index contributed by atoms with van der Waals surface area (Å²) in [5, 5.41) is 20.6. The lowest BCUT2D eigenvalue weighted by Gasteiger charge is -2.17. The second-order valence-electron chi connectivity index (χ2n) is 3.34. The largest absolute Gasteiger partial charge is 0.488 e. The Labute approximate surface area is 81.7 Å². The molecule has 0 radical (unpaired) electrons. The van der Waals surface area contributed by atoms with Gasteiger partial charge in [0.05, 0.1) is 0 Å². The van der Waals surface area contributed by atoms with Gasteiger partial charge in [0.2, 0.25) is 5.91 Å². The van der Waals surface area contributed by atoms with Crippen LogP contribution in [0.15, 0.2) is 18.2 Å². The zero-order valence-electron chi connectivity index (χ0n) is 7.53. The highest BCUT2D eigenvalue weighted by atomic mass is 16.4. The Kier molecular flexibility index (Phi) is 2.27. The molecule has 1 aromatic rings. The van der Waals surface area contributed by atoms with Crippen molar-refractivity contribution in [1.29, 1.82) is 0 Å². The molecule has 3 N–H and O–H groups in total. The number of carbonyl (C=O) groups is 1. The van der Waals surface area contributed by atoms with Gasteiger partial charge in [-0.1, -0.05) is 12.1 Å². The Morgan fingerprint density at radius 2 is 2.07 bits per heavy atom. The van der Waals surface area contributed by atoms with Crippen molar-refractivity contribution in [3.8, 4) is 0 Å². The SMILES string of the molecule is O=C1CCc2ccc(B(O)O)cc2N1. The molecular weight excluding hydrogens is 181 g/mol. The van der Waals surface area contributed by atoms with Crippen LogP contribution < -0.4 is 10.8 Å². The lowest BCUT2D eigenvalue weighted by atomic mass is 9.79. The Morgan fingerprint density at radius 3 is 2.79 bits per heavy atom. The molecule has 1 amide bonds. The monoisotopic (exact) mass is 191 g/mol. The Morgan fingerprint density at radius 1 is 1.29 bits per heavy atom. The standard InChI is InChI=1S/C9H10BNO3/c12-9-4-2-6-1-3-7(10(13)14)5-8(6)11-9/h1,3,5,13-14H,2,4H2,(H,11,12). The molecule has 0 unspecified atom stereocenters. The van der Waals surface area contributed by atoms with Gasteiger partial charge in [-0.05, 0) is 23.5 Å². The molecule has 5 heteroatoms. The van der Waals surface area contributed by atoms with E-state index in [4.69, 9.17) is 10.0 Å². The maximum absolute atomic E-state index is 11.1. The molecule has 72 valence electrons. The van der Waals surface area contributed by atoms with Gasteiger partial charge in [-0.2, -0.15) is 0 Å². The summed E-state index contributed by atoms with van der Waals surface area (Å²) in [5.41, 5.74) is 2.12. The van der Waals surface area contributed by atoms with E-state index in [0.29, 0.717) is 24.0 Å². The molecule has 14 heavy (non-hydrogen) atoms. The molecule has 1 aromatic carbocycles. The third kappa shape index (κ3) is 1.64. The Bertz CT molecular complexity index is 378. The van der Waals surface area contributed by atoms with E-state index in [9.17, 15) is 4.79 Å². The average molecular weight is 191 g/mol. The van der Waals surface area contributed by atoms with E-state index >= 15 is 0 Å². The first kappa shape index (κ1) is 9.24. The fourth-order valence-corrected chi connectivity index (χ4v) is 1.55. The molecule has 1 aliphatic rings.